The molecule has 7 heteroatoms. The van der Waals surface area contributed by atoms with Crippen LogP contribution < -0.4 is 4.90 Å². The summed E-state index contributed by atoms with van der Waals surface area (Å²) >= 11 is 6.46. The number of carboxylic acid groups (broad SMARTS) is 1. The first-order valence-corrected chi connectivity index (χ1v) is 7.80. The van der Waals surface area contributed by atoms with Crippen molar-refractivity contribution in [3.05, 3.63) is 64.8 Å². The third kappa shape index (κ3) is 3.15. The fraction of sp³-hybridized carbons (Fsp3) is 0. The van der Waals surface area contributed by atoms with E-state index in [2.05, 4.69) is 4.98 Å². The minimum Gasteiger partial charge on any atom is -0.478 e. The highest BCUT2D eigenvalue weighted by Gasteiger charge is 2.33. The lowest BCUT2D eigenvalue weighted by molar-refractivity contribution is -0.113. The predicted octanol–water partition coefficient (Wildman–Crippen LogP) is 3.19. The molecule has 1 aliphatic rings. The molecule has 3 rings (SSSR count). The van der Waals surface area contributed by atoms with Crippen molar-refractivity contribution in [1.29, 1.82) is 0 Å². The van der Waals surface area contributed by atoms with Gasteiger partial charge in [-0.25, -0.2) is 4.79 Å². The van der Waals surface area contributed by atoms with Crippen LogP contribution in [0.15, 0.2) is 53.7 Å². The van der Waals surface area contributed by atoms with Gasteiger partial charge < -0.3 is 5.11 Å². The SMILES string of the molecule is O=C(O)c1cccc(N2C(=O)/C(=C/c3ccncc3)SC2=S)c1. The van der Waals surface area contributed by atoms with Gasteiger partial charge in [-0.2, -0.15) is 0 Å². The molecule has 0 aliphatic carbocycles. The smallest absolute Gasteiger partial charge is 0.335 e. The Bertz CT molecular complexity index is 834. The molecule has 0 bridgehead atoms. The van der Waals surface area contributed by atoms with E-state index in [-0.39, 0.29) is 11.5 Å². The summed E-state index contributed by atoms with van der Waals surface area (Å²) in [6.07, 6.45) is 5.02. The Hall–Kier alpha value is -2.51. The average molecular weight is 342 g/mol. The molecule has 0 spiro atoms. The molecule has 2 heterocycles. The molecule has 23 heavy (non-hydrogen) atoms. The van der Waals surface area contributed by atoms with Crippen LogP contribution in [0.25, 0.3) is 6.08 Å². The summed E-state index contributed by atoms with van der Waals surface area (Å²) in [5.74, 6) is -1.32. The van der Waals surface area contributed by atoms with E-state index in [1.54, 1.807) is 42.7 Å². The minimum atomic E-state index is -1.05. The number of thiocarbonyl (C=S) groups is 1. The molecule has 1 saturated heterocycles. The highest BCUT2D eigenvalue weighted by atomic mass is 32.2. The summed E-state index contributed by atoms with van der Waals surface area (Å²) in [5, 5.41) is 9.07. The van der Waals surface area contributed by atoms with Gasteiger partial charge in [-0.1, -0.05) is 30.0 Å². The number of benzene rings is 1. The van der Waals surface area contributed by atoms with Crippen LogP contribution in [-0.4, -0.2) is 26.3 Å². The van der Waals surface area contributed by atoms with E-state index in [0.29, 0.717) is 14.9 Å². The van der Waals surface area contributed by atoms with Crippen LogP contribution in [0.2, 0.25) is 0 Å². The molecule has 1 aromatic heterocycles. The zero-order valence-corrected chi connectivity index (χ0v) is 13.3. The van der Waals surface area contributed by atoms with Gasteiger partial charge in [-0.15, -0.1) is 0 Å². The lowest BCUT2D eigenvalue weighted by Gasteiger charge is -2.14. The van der Waals surface area contributed by atoms with E-state index in [1.165, 1.54) is 28.8 Å². The van der Waals surface area contributed by atoms with E-state index in [1.807, 2.05) is 0 Å². The van der Waals surface area contributed by atoms with Crippen LogP contribution in [0, 0.1) is 0 Å². The van der Waals surface area contributed by atoms with Gasteiger partial charge in [0.2, 0.25) is 0 Å². The maximum absolute atomic E-state index is 12.6. The topological polar surface area (TPSA) is 70.5 Å². The molecule has 1 amide bonds. The third-order valence-electron chi connectivity index (χ3n) is 3.15. The average Bonchev–Trinajstić information content (AvgIpc) is 2.82. The molecule has 0 saturated carbocycles. The largest absolute Gasteiger partial charge is 0.478 e. The molecule has 1 aromatic carbocycles. The fourth-order valence-corrected chi connectivity index (χ4v) is 3.38. The van der Waals surface area contributed by atoms with Crippen molar-refractivity contribution < 1.29 is 14.7 Å². The Morgan fingerprint density at radius 3 is 2.70 bits per heavy atom. The van der Waals surface area contributed by atoms with Crippen molar-refractivity contribution in [1.82, 2.24) is 4.98 Å². The molecule has 0 unspecified atom stereocenters. The number of aromatic nitrogens is 1. The molecule has 2 aromatic rings. The summed E-state index contributed by atoms with van der Waals surface area (Å²) in [6.45, 7) is 0. The number of nitrogens with zero attached hydrogens (tertiary/aromatic N) is 2. The zero-order valence-electron chi connectivity index (χ0n) is 11.7. The molecule has 0 atom stereocenters. The quantitative estimate of drug-likeness (QED) is 0.682. The Labute approximate surface area is 141 Å². The van der Waals surface area contributed by atoms with Crippen LogP contribution in [0.3, 0.4) is 0 Å². The van der Waals surface area contributed by atoms with E-state index >= 15 is 0 Å². The maximum Gasteiger partial charge on any atom is 0.335 e. The van der Waals surface area contributed by atoms with Crippen molar-refractivity contribution in [2.24, 2.45) is 0 Å². The van der Waals surface area contributed by atoms with Crippen molar-refractivity contribution in [2.75, 3.05) is 4.90 Å². The Morgan fingerprint density at radius 2 is 2.00 bits per heavy atom. The number of thioether (sulfide) groups is 1. The number of aromatic carboxylic acids is 1. The number of anilines is 1. The van der Waals surface area contributed by atoms with Gasteiger partial charge in [0.1, 0.15) is 0 Å². The second-order valence-corrected chi connectivity index (χ2v) is 6.33. The van der Waals surface area contributed by atoms with Crippen molar-refractivity contribution in [3.8, 4) is 0 Å². The summed E-state index contributed by atoms with van der Waals surface area (Å²) in [4.78, 5) is 29.4. The number of hydrogen-bond donors (Lipinski definition) is 1. The highest BCUT2D eigenvalue weighted by Crippen LogP contribution is 2.36. The number of rotatable bonds is 3. The second kappa shape index (κ2) is 6.31. The second-order valence-electron chi connectivity index (χ2n) is 4.65. The first-order valence-electron chi connectivity index (χ1n) is 6.57. The normalized spacial score (nSPS) is 16.2. The van der Waals surface area contributed by atoms with Crippen molar-refractivity contribution in [3.63, 3.8) is 0 Å². The first-order chi connectivity index (χ1) is 11.1. The van der Waals surface area contributed by atoms with Crippen LogP contribution in [-0.2, 0) is 4.79 Å². The molecule has 1 fully saturated rings. The Morgan fingerprint density at radius 1 is 1.26 bits per heavy atom. The third-order valence-corrected chi connectivity index (χ3v) is 4.45. The minimum absolute atomic E-state index is 0.106. The molecule has 1 aliphatic heterocycles. The van der Waals surface area contributed by atoms with Crippen LogP contribution in [0.5, 0.6) is 0 Å². The molecular weight excluding hydrogens is 332 g/mol. The summed E-state index contributed by atoms with van der Waals surface area (Å²) in [7, 11) is 0. The van der Waals surface area contributed by atoms with Gasteiger partial charge in [0.25, 0.3) is 5.91 Å². The van der Waals surface area contributed by atoms with E-state index < -0.39 is 5.97 Å². The van der Waals surface area contributed by atoms with Crippen molar-refractivity contribution in [2.45, 2.75) is 0 Å². The Balaban J connectivity index is 1.95. The molecule has 114 valence electrons. The van der Waals surface area contributed by atoms with Crippen LogP contribution in [0.1, 0.15) is 15.9 Å². The van der Waals surface area contributed by atoms with Crippen LogP contribution >= 0.6 is 24.0 Å². The van der Waals surface area contributed by atoms with E-state index in [4.69, 9.17) is 17.3 Å². The van der Waals surface area contributed by atoms with Gasteiger partial charge in [0.05, 0.1) is 16.2 Å². The molecule has 1 N–H and O–H groups in total. The molecule has 5 nitrogen and oxygen atoms in total. The van der Waals surface area contributed by atoms with Gasteiger partial charge in [0, 0.05) is 12.4 Å². The number of amides is 1. The standard InChI is InChI=1S/C16H10N2O3S2/c19-14-13(8-10-4-6-17-7-5-10)23-16(22)18(14)12-3-1-2-11(9-12)15(20)21/h1-9H,(H,20,21)/b13-8-. The summed E-state index contributed by atoms with van der Waals surface area (Å²) < 4.78 is 0.373. The van der Waals surface area contributed by atoms with E-state index in [9.17, 15) is 9.59 Å². The Kier molecular flexibility index (Phi) is 4.22. The number of carbonyl (C=O) groups is 2. The summed E-state index contributed by atoms with van der Waals surface area (Å²) in [6, 6.07) is 9.73. The number of carbonyl (C=O) groups excluding carboxylic acids is 1. The monoisotopic (exact) mass is 342 g/mol. The van der Waals surface area contributed by atoms with Gasteiger partial charge in [0.15, 0.2) is 4.32 Å². The fourth-order valence-electron chi connectivity index (χ4n) is 2.08. The summed E-state index contributed by atoms with van der Waals surface area (Å²) in [5.41, 5.74) is 1.40. The van der Waals surface area contributed by atoms with Gasteiger partial charge >= 0.3 is 5.97 Å². The van der Waals surface area contributed by atoms with E-state index in [0.717, 1.165) is 5.56 Å². The maximum atomic E-state index is 12.6. The lowest BCUT2D eigenvalue weighted by Crippen LogP contribution is -2.27. The molecule has 0 radical (unpaired) electrons. The zero-order chi connectivity index (χ0) is 16.4. The van der Waals surface area contributed by atoms with Gasteiger partial charge in [-0.05, 0) is 42.0 Å². The predicted molar refractivity (Wildman–Crippen MR) is 93.3 cm³/mol. The number of hydrogen-bond acceptors (Lipinski definition) is 5. The lowest BCUT2D eigenvalue weighted by atomic mass is 10.2. The number of pyridine rings is 1. The molecular formula is C16H10N2O3S2. The first kappa shape index (κ1) is 15.4. The number of carboxylic acids is 1. The van der Waals surface area contributed by atoms with Gasteiger partial charge in [-0.3, -0.25) is 14.7 Å². The highest BCUT2D eigenvalue weighted by molar-refractivity contribution is 8.27. The van der Waals surface area contributed by atoms with Crippen LogP contribution in [0.4, 0.5) is 5.69 Å². The van der Waals surface area contributed by atoms with Crippen molar-refractivity contribution >= 4 is 51.9 Å².